The van der Waals surface area contributed by atoms with Crippen molar-refractivity contribution in [3.05, 3.63) is 12.2 Å². The maximum Gasteiger partial charge on any atom is 0.137 e. The summed E-state index contributed by atoms with van der Waals surface area (Å²) in [6.07, 6.45) is 7.90. The lowest BCUT2D eigenvalue weighted by Gasteiger charge is -2.39. The van der Waals surface area contributed by atoms with Crippen LogP contribution in [0.1, 0.15) is 45.4 Å². The Kier molecular flexibility index (Phi) is 3.59. The lowest BCUT2D eigenvalue weighted by Crippen LogP contribution is -2.44. The number of nitrogens with zero attached hydrogens (tertiary/aromatic N) is 2. The zero-order chi connectivity index (χ0) is 11.4. The van der Waals surface area contributed by atoms with E-state index in [1.54, 1.807) is 6.33 Å². The van der Waals surface area contributed by atoms with Gasteiger partial charge in [0.25, 0.3) is 0 Å². The number of H-pyrrole nitrogens is 1. The van der Waals surface area contributed by atoms with Crippen molar-refractivity contribution in [2.45, 2.75) is 52.0 Å². The molecule has 1 saturated carbocycles. The van der Waals surface area contributed by atoms with Gasteiger partial charge in [-0.1, -0.05) is 26.7 Å². The number of rotatable bonds is 4. The molecule has 90 valence electrons. The summed E-state index contributed by atoms with van der Waals surface area (Å²) in [5.41, 5.74) is 0.444. The van der Waals surface area contributed by atoms with Crippen LogP contribution in [0.15, 0.2) is 6.33 Å². The Balaban J connectivity index is 1.76. The van der Waals surface area contributed by atoms with Crippen LogP contribution in [0.5, 0.6) is 0 Å². The Hall–Kier alpha value is -0.900. The number of aromatic amines is 1. The number of nitrogens with one attached hydrogen (secondary N) is 2. The first-order valence-electron chi connectivity index (χ1n) is 6.26. The Morgan fingerprint density at radius 2 is 2.38 bits per heavy atom. The third-order valence-corrected chi connectivity index (χ3v) is 3.72. The van der Waals surface area contributed by atoms with Crippen LogP contribution in [0.3, 0.4) is 0 Å². The molecule has 1 aromatic rings. The first-order valence-corrected chi connectivity index (χ1v) is 6.26. The molecule has 16 heavy (non-hydrogen) atoms. The standard InChI is InChI=1S/C12H22N4/c1-12(2)7-4-3-5-10(12)13-8-6-11-14-9-15-16-11/h9-10,13H,3-8H2,1-2H3,(H,14,15,16). The van der Waals surface area contributed by atoms with Crippen molar-refractivity contribution in [1.82, 2.24) is 20.5 Å². The summed E-state index contributed by atoms with van der Waals surface area (Å²) in [6, 6.07) is 0.657. The zero-order valence-electron chi connectivity index (χ0n) is 10.3. The molecule has 1 atom stereocenters. The highest BCUT2D eigenvalue weighted by molar-refractivity contribution is 4.89. The van der Waals surface area contributed by atoms with Crippen molar-refractivity contribution < 1.29 is 0 Å². The molecule has 0 spiro atoms. The van der Waals surface area contributed by atoms with Crippen LogP contribution in [-0.4, -0.2) is 27.8 Å². The van der Waals surface area contributed by atoms with Crippen molar-refractivity contribution in [2.75, 3.05) is 6.54 Å². The summed E-state index contributed by atoms with van der Waals surface area (Å²) < 4.78 is 0. The van der Waals surface area contributed by atoms with Gasteiger partial charge in [-0.3, -0.25) is 5.10 Å². The number of aromatic nitrogens is 3. The van der Waals surface area contributed by atoms with Gasteiger partial charge in [-0.15, -0.1) is 0 Å². The fourth-order valence-corrected chi connectivity index (χ4v) is 2.59. The highest BCUT2D eigenvalue weighted by atomic mass is 15.2. The average molecular weight is 222 g/mol. The molecular formula is C12H22N4. The highest BCUT2D eigenvalue weighted by Crippen LogP contribution is 2.35. The van der Waals surface area contributed by atoms with E-state index in [1.807, 2.05) is 0 Å². The smallest absolute Gasteiger partial charge is 0.137 e. The molecule has 1 unspecified atom stereocenters. The summed E-state index contributed by atoms with van der Waals surface area (Å²) in [5, 5.41) is 10.4. The molecule has 2 N–H and O–H groups in total. The van der Waals surface area contributed by atoms with Gasteiger partial charge in [0, 0.05) is 19.0 Å². The molecule has 0 radical (unpaired) electrons. The lowest BCUT2D eigenvalue weighted by molar-refractivity contribution is 0.168. The van der Waals surface area contributed by atoms with E-state index >= 15 is 0 Å². The summed E-state index contributed by atoms with van der Waals surface area (Å²) in [5.74, 6) is 0.973. The summed E-state index contributed by atoms with van der Waals surface area (Å²) in [6.45, 7) is 5.74. The minimum absolute atomic E-state index is 0.444. The SMILES string of the molecule is CC1(C)CCCCC1NCCc1ncn[nH]1. The minimum atomic E-state index is 0.444. The second-order valence-electron chi connectivity index (χ2n) is 5.42. The second kappa shape index (κ2) is 4.95. The normalized spacial score (nSPS) is 24.5. The van der Waals surface area contributed by atoms with Crippen LogP contribution in [0.4, 0.5) is 0 Å². The second-order valence-corrected chi connectivity index (χ2v) is 5.42. The monoisotopic (exact) mass is 222 g/mol. The highest BCUT2D eigenvalue weighted by Gasteiger charge is 2.31. The van der Waals surface area contributed by atoms with E-state index in [2.05, 4.69) is 34.3 Å². The van der Waals surface area contributed by atoms with Gasteiger partial charge in [0.15, 0.2) is 0 Å². The summed E-state index contributed by atoms with van der Waals surface area (Å²) >= 11 is 0. The molecule has 0 amide bonds. The van der Waals surface area contributed by atoms with E-state index in [4.69, 9.17) is 0 Å². The topological polar surface area (TPSA) is 53.6 Å². The van der Waals surface area contributed by atoms with E-state index in [1.165, 1.54) is 25.7 Å². The number of hydrogen-bond donors (Lipinski definition) is 2. The quantitative estimate of drug-likeness (QED) is 0.818. The van der Waals surface area contributed by atoms with Gasteiger partial charge in [0.1, 0.15) is 12.2 Å². The van der Waals surface area contributed by atoms with Crippen LogP contribution < -0.4 is 5.32 Å². The minimum Gasteiger partial charge on any atom is -0.313 e. The molecular weight excluding hydrogens is 200 g/mol. The Morgan fingerprint density at radius 3 is 3.06 bits per heavy atom. The zero-order valence-corrected chi connectivity index (χ0v) is 10.3. The van der Waals surface area contributed by atoms with Crippen LogP contribution in [0.25, 0.3) is 0 Å². The molecule has 0 aliphatic heterocycles. The third-order valence-electron chi connectivity index (χ3n) is 3.72. The Labute approximate surface area is 97.2 Å². The average Bonchev–Trinajstić information content (AvgIpc) is 2.73. The van der Waals surface area contributed by atoms with Crippen molar-refractivity contribution in [3.63, 3.8) is 0 Å². The molecule has 2 rings (SSSR count). The molecule has 1 fully saturated rings. The van der Waals surface area contributed by atoms with Gasteiger partial charge in [0.05, 0.1) is 0 Å². The molecule has 1 aliphatic rings. The van der Waals surface area contributed by atoms with Crippen molar-refractivity contribution >= 4 is 0 Å². The Bertz CT molecular complexity index is 305. The first kappa shape index (κ1) is 11.6. The Morgan fingerprint density at radius 1 is 1.50 bits per heavy atom. The molecule has 1 aliphatic carbocycles. The molecule has 0 aromatic carbocycles. The van der Waals surface area contributed by atoms with E-state index < -0.39 is 0 Å². The van der Waals surface area contributed by atoms with Crippen molar-refractivity contribution in [1.29, 1.82) is 0 Å². The van der Waals surface area contributed by atoms with Crippen LogP contribution >= 0.6 is 0 Å². The lowest BCUT2D eigenvalue weighted by atomic mass is 9.73. The van der Waals surface area contributed by atoms with Gasteiger partial charge in [-0.25, -0.2) is 4.98 Å². The van der Waals surface area contributed by atoms with Gasteiger partial charge in [-0.05, 0) is 18.3 Å². The maximum atomic E-state index is 4.13. The van der Waals surface area contributed by atoms with Gasteiger partial charge < -0.3 is 5.32 Å². The van der Waals surface area contributed by atoms with Crippen LogP contribution in [-0.2, 0) is 6.42 Å². The predicted molar refractivity (Wildman–Crippen MR) is 64.1 cm³/mol. The van der Waals surface area contributed by atoms with E-state index in [-0.39, 0.29) is 0 Å². The summed E-state index contributed by atoms with van der Waals surface area (Å²) in [7, 11) is 0. The number of hydrogen-bond acceptors (Lipinski definition) is 3. The van der Waals surface area contributed by atoms with Gasteiger partial charge in [0.2, 0.25) is 0 Å². The van der Waals surface area contributed by atoms with E-state index in [0.29, 0.717) is 11.5 Å². The van der Waals surface area contributed by atoms with E-state index in [0.717, 1.165) is 18.8 Å². The third kappa shape index (κ3) is 2.82. The first-order chi connectivity index (χ1) is 7.68. The fraction of sp³-hybridized carbons (Fsp3) is 0.833. The fourth-order valence-electron chi connectivity index (χ4n) is 2.59. The molecule has 0 bridgehead atoms. The molecule has 4 nitrogen and oxygen atoms in total. The largest absolute Gasteiger partial charge is 0.313 e. The molecule has 1 aromatic heterocycles. The van der Waals surface area contributed by atoms with Crippen molar-refractivity contribution in [3.8, 4) is 0 Å². The molecule has 4 heteroatoms. The predicted octanol–water partition coefficient (Wildman–Crippen LogP) is 1.91. The van der Waals surface area contributed by atoms with Gasteiger partial charge in [-0.2, -0.15) is 5.10 Å². The summed E-state index contributed by atoms with van der Waals surface area (Å²) in [4.78, 5) is 4.13. The van der Waals surface area contributed by atoms with Gasteiger partial charge >= 0.3 is 0 Å². The van der Waals surface area contributed by atoms with Crippen LogP contribution in [0, 0.1) is 5.41 Å². The molecule has 1 heterocycles. The molecule has 0 saturated heterocycles. The van der Waals surface area contributed by atoms with Crippen molar-refractivity contribution in [2.24, 2.45) is 5.41 Å². The van der Waals surface area contributed by atoms with Crippen LogP contribution in [0.2, 0.25) is 0 Å². The van der Waals surface area contributed by atoms with E-state index in [9.17, 15) is 0 Å². The maximum absolute atomic E-state index is 4.13.